The number of hydrogen-bond donors (Lipinski definition) is 2. The van der Waals surface area contributed by atoms with Crippen LogP contribution in [0.4, 0.5) is 0 Å². The summed E-state index contributed by atoms with van der Waals surface area (Å²) in [5, 5.41) is 6.66. The fourth-order valence-corrected chi connectivity index (χ4v) is 2.06. The second-order valence-corrected chi connectivity index (χ2v) is 7.25. The number of halogens is 1. The van der Waals surface area contributed by atoms with E-state index < -0.39 is 0 Å². The molecule has 0 fully saturated rings. The van der Waals surface area contributed by atoms with Crippen LogP contribution in [0.3, 0.4) is 0 Å². The molecule has 0 saturated heterocycles. The molecule has 0 radical (unpaired) electrons. The van der Waals surface area contributed by atoms with Crippen molar-refractivity contribution < 1.29 is 0 Å². The molecule has 0 spiro atoms. The summed E-state index contributed by atoms with van der Waals surface area (Å²) in [5.41, 5.74) is 1.10. The number of guanidine groups is 1. The van der Waals surface area contributed by atoms with Crippen LogP contribution >= 0.6 is 35.7 Å². The zero-order chi connectivity index (χ0) is 16.7. The zero-order valence-corrected chi connectivity index (χ0v) is 17.6. The van der Waals surface area contributed by atoms with Gasteiger partial charge in [-0.1, -0.05) is 6.07 Å². The maximum atomic E-state index is 4.44. The molecule has 0 aliphatic rings. The molecule has 2 aromatic heterocycles. The molecule has 2 rings (SSSR count). The van der Waals surface area contributed by atoms with Gasteiger partial charge >= 0.3 is 0 Å². The second-order valence-electron chi connectivity index (χ2n) is 5.74. The van der Waals surface area contributed by atoms with Crippen LogP contribution in [-0.4, -0.2) is 45.1 Å². The maximum absolute atomic E-state index is 4.44. The quantitative estimate of drug-likeness (QED) is 0.394. The molecule has 0 atom stereocenters. The normalized spacial score (nSPS) is 11.8. The van der Waals surface area contributed by atoms with Gasteiger partial charge in [0.05, 0.1) is 0 Å². The van der Waals surface area contributed by atoms with Gasteiger partial charge in [-0.15, -0.1) is 24.0 Å². The standard InChI is InChI=1S/C16H24N6S.HI/c1-16(2,23-4)11-21-15(17-3)20-10-13-5-6-14(19-9-13)22-8-7-18-12-22;/h5-9,12H,10-11H2,1-4H3,(H2,17,20,21);1H. The lowest BCUT2D eigenvalue weighted by atomic mass is 10.2. The molecule has 0 saturated carbocycles. The lowest BCUT2D eigenvalue weighted by molar-refractivity contribution is 0.664. The number of rotatable bonds is 6. The molecule has 2 aromatic rings. The predicted molar refractivity (Wildman–Crippen MR) is 113 cm³/mol. The highest BCUT2D eigenvalue weighted by Crippen LogP contribution is 2.19. The first-order valence-electron chi connectivity index (χ1n) is 7.47. The van der Waals surface area contributed by atoms with Crippen molar-refractivity contribution in [2.45, 2.75) is 25.1 Å². The van der Waals surface area contributed by atoms with Gasteiger partial charge in [0.15, 0.2) is 5.96 Å². The summed E-state index contributed by atoms with van der Waals surface area (Å²) >= 11 is 1.83. The van der Waals surface area contributed by atoms with Crippen molar-refractivity contribution in [2.24, 2.45) is 4.99 Å². The van der Waals surface area contributed by atoms with E-state index in [4.69, 9.17) is 0 Å². The van der Waals surface area contributed by atoms with Crippen LogP contribution in [0.1, 0.15) is 19.4 Å². The van der Waals surface area contributed by atoms with Gasteiger partial charge in [-0.05, 0) is 31.7 Å². The Hall–Kier alpha value is -1.29. The number of aromatic nitrogens is 3. The van der Waals surface area contributed by atoms with Crippen molar-refractivity contribution in [1.29, 1.82) is 0 Å². The lowest BCUT2D eigenvalue weighted by Crippen LogP contribution is -2.43. The number of pyridine rings is 1. The average Bonchev–Trinajstić information content (AvgIpc) is 3.10. The summed E-state index contributed by atoms with van der Waals surface area (Å²) < 4.78 is 2.05. The number of imidazole rings is 1. The van der Waals surface area contributed by atoms with Crippen molar-refractivity contribution in [3.63, 3.8) is 0 Å². The topological polar surface area (TPSA) is 67.1 Å². The molecule has 132 valence electrons. The first kappa shape index (κ1) is 20.8. The van der Waals surface area contributed by atoms with Crippen LogP contribution in [0.15, 0.2) is 42.0 Å². The molecule has 0 aromatic carbocycles. The SMILES string of the molecule is CN=C(NCc1ccc(-n2ccnc2)nc1)NCC(C)(C)SC.I. The highest BCUT2D eigenvalue weighted by molar-refractivity contribution is 14.0. The Morgan fingerprint density at radius 2 is 2.12 bits per heavy atom. The predicted octanol–water partition coefficient (Wildman–Crippen LogP) is 2.69. The van der Waals surface area contributed by atoms with Gasteiger partial charge in [-0.25, -0.2) is 9.97 Å². The van der Waals surface area contributed by atoms with Crippen LogP contribution in [0, 0.1) is 0 Å². The minimum Gasteiger partial charge on any atom is -0.355 e. The number of nitrogens with zero attached hydrogens (tertiary/aromatic N) is 4. The Kier molecular flexibility index (Phi) is 8.54. The third-order valence-electron chi connectivity index (χ3n) is 3.50. The zero-order valence-electron chi connectivity index (χ0n) is 14.5. The molecule has 0 aliphatic carbocycles. The van der Waals surface area contributed by atoms with Crippen molar-refractivity contribution >= 4 is 41.7 Å². The minimum atomic E-state index is 0. The first-order valence-corrected chi connectivity index (χ1v) is 8.69. The molecule has 0 aliphatic heterocycles. The number of aliphatic imine (C=N–C) groups is 1. The Labute approximate surface area is 165 Å². The van der Waals surface area contributed by atoms with E-state index in [9.17, 15) is 0 Å². The third-order valence-corrected chi connectivity index (χ3v) is 4.75. The van der Waals surface area contributed by atoms with Crippen LogP contribution in [0.5, 0.6) is 0 Å². The van der Waals surface area contributed by atoms with Gasteiger partial charge in [0.2, 0.25) is 0 Å². The third kappa shape index (κ3) is 6.31. The Morgan fingerprint density at radius 3 is 2.67 bits per heavy atom. The Bertz CT molecular complexity index is 625. The molecule has 2 N–H and O–H groups in total. The van der Waals surface area contributed by atoms with Crippen molar-refractivity contribution in [3.8, 4) is 5.82 Å². The van der Waals surface area contributed by atoms with Crippen molar-refractivity contribution in [1.82, 2.24) is 25.2 Å². The largest absolute Gasteiger partial charge is 0.355 e. The molecule has 0 unspecified atom stereocenters. The van der Waals surface area contributed by atoms with Gasteiger partial charge in [-0.2, -0.15) is 11.8 Å². The Morgan fingerprint density at radius 1 is 1.33 bits per heavy atom. The second kappa shape index (κ2) is 9.87. The van der Waals surface area contributed by atoms with Crippen LogP contribution in [0.25, 0.3) is 5.82 Å². The molecular formula is C16H25IN6S. The van der Waals surface area contributed by atoms with Crippen LogP contribution in [0.2, 0.25) is 0 Å². The van der Waals surface area contributed by atoms with Gasteiger partial charge in [0.25, 0.3) is 0 Å². The molecule has 2 heterocycles. The smallest absolute Gasteiger partial charge is 0.191 e. The monoisotopic (exact) mass is 460 g/mol. The van der Waals surface area contributed by atoms with E-state index in [-0.39, 0.29) is 28.7 Å². The molecule has 8 heteroatoms. The maximum Gasteiger partial charge on any atom is 0.191 e. The van der Waals surface area contributed by atoms with E-state index in [1.165, 1.54) is 0 Å². The molecular weight excluding hydrogens is 435 g/mol. The van der Waals surface area contributed by atoms with Gasteiger partial charge < -0.3 is 10.6 Å². The van der Waals surface area contributed by atoms with E-state index in [1.54, 1.807) is 19.6 Å². The van der Waals surface area contributed by atoms with E-state index >= 15 is 0 Å². The summed E-state index contributed by atoms with van der Waals surface area (Å²) in [6.45, 7) is 5.94. The van der Waals surface area contributed by atoms with Gasteiger partial charge in [0.1, 0.15) is 12.1 Å². The minimum absolute atomic E-state index is 0. The fraction of sp³-hybridized carbons (Fsp3) is 0.438. The van der Waals surface area contributed by atoms with E-state index in [1.807, 2.05) is 34.8 Å². The fourth-order valence-electron chi connectivity index (χ4n) is 1.84. The van der Waals surface area contributed by atoms with Gasteiger partial charge in [0, 0.05) is 43.5 Å². The average molecular weight is 460 g/mol. The Balaban J connectivity index is 0.00000288. The van der Waals surface area contributed by atoms with Crippen LogP contribution < -0.4 is 10.6 Å². The van der Waals surface area contributed by atoms with Crippen molar-refractivity contribution in [3.05, 3.63) is 42.6 Å². The highest BCUT2D eigenvalue weighted by Gasteiger charge is 2.15. The number of thioether (sulfide) groups is 1. The van der Waals surface area contributed by atoms with E-state index in [2.05, 4.69) is 51.8 Å². The number of hydrogen-bond acceptors (Lipinski definition) is 4. The lowest BCUT2D eigenvalue weighted by Gasteiger charge is -2.23. The molecule has 6 nitrogen and oxygen atoms in total. The summed E-state index contributed by atoms with van der Waals surface area (Å²) in [5.74, 6) is 1.65. The van der Waals surface area contributed by atoms with Crippen LogP contribution in [-0.2, 0) is 6.54 Å². The summed E-state index contributed by atoms with van der Waals surface area (Å²) in [7, 11) is 1.78. The summed E-state index contributed by atoms with van der Waals surface area (Å²) in [4.78, 5) is 12.7. The molecule has 24 heavy (non-hydrogen) atoms. The van der Waals surface area contributed by atoms with E-state index in [0.29, 0.717) is 6.54 Å². The van der Waals surface area contributed by atoms with Crippen molar-refractivity contribution in [2.75, 3.05) is 19.8 Å². The van der Waals surface area contributed by atoms with E-state index in [0.717, 1.165) is 23.9 Å². The molecule has 0 amide bonds. The summed E-state index contributed by atoms with van der Waals surface area (Å²) in [6.07, 6.45) is 9.33. The summed E-state index contributed by atoms with van der Waals surface area (Å²) in [6, 6.07) is 4.03. The number of nitrogens with one attached hydrogen (secondary N) is 2. The van der Waals surface area contributed by atoms with Gasteiger partial charge in [-0.3, -0.25) is 9.56 Å². The first-order chi connectivity index (χ1) is 11.0. The molecule has 0 bridgehead atoms. The highest BCUT2D eigenvalue weighted by atomic mass is 127.